The fourth-order valence-electron chi connectivity index (χ4n) is 2.14. The molecule has 0 saturated heterocycles. The van der Waals surface area contributed by atoms with E-state index in [-0.39, 0.29) is 11.8 Å². The summed E-state index contributed by atoms with van der Waals surface area (Å²) in [6.07, 6.45) is -0.634. The van der Waals surface area contributed by atoms with Crippen LogP contribution in [0.4, 0.5) is 0 Å². The van der Waals surface area contributed by atoms with E-state index >= 15 is 0 Å². The van der Waals surface area contributed by atoms with Gasteiger partial charge in [-0.1, -0.05) is 6.92 Å². The molecule has 2 aliphatic rings. The van der Waals surface area contributed by atoms with Crippen LogP contribution in [0.2, 0.25) is 0 Å². The van der Waals surface area contributed by atoms with Gasteiger partial charge in [-0.15, -0.1) is 0 Å². The van der Waals surface area contributed by atoms with E-state index in [0.29, 0.717) is 0 Å². The maximum Gasteiger partial charge on any atom is 0.122 e. The first-order valence-electron chi connectivity index (χ1n) is 3.67. The molecule has 10 heavy (non-hydrogen) atoms. The molecule has 0 amide bonds. The van der Waals surface area contributed by atoms with Crippen molar-refractivity contribution in [2.45, 2.75) is 31.2 Å². The molecule has 5 unspecified atom stereocenters. The summed E-state index contributed by atoms with van der Waals surface area (Å²) in [6.45, 7) is 1.89. The van der Waals surface area contributed by atoms with E-state index in [1.165, 1.54) is 0 Å². The fourth-order valence-corrected chi connectivity index (χ4v) is 2.14. The van der Waals surface area contributed by atoms with Gasteiger partial charge in [0.05, 0.1) is 12.2 Å². The molecule has 3 heteroatoms. The molecule has 0 aromatic heterocycles. The lowest BCUT2D eigenvalue weighted by atomic mass is 10.0. The van der Waals surface area contributed by atoms with Gasteiger partial charge in [-0.3, -0.25) is 0 Å². The van der Waals surface area contributed by atoms with E-state index < -0.39 is 17.8 Å². The average Bonchev–Trinajstić information content (AvgIpc) is 2.29. The summed E-state index contributed by atoms with van der Waals surface area (Å²) >= 11 is 0. The van der Waals surface area contributed by atoms with Crippen LogP contribution in [-0.4, -0.2) is 33.1 Å². The Bertz CT molecular complexity index is 170. The number of aliphatic hydroxyl groups is 3. The Hall–Kier alpha value is -0.120. The molecule has 3 nitrogen and oxygen atoms in total. The Morgan fingerprint density at radius 1 is 1.30 bits per heavy atom. The van der Waals surface area contributed by atoms with E-state index in [1.54, 1.807) is 0 Å². The van der Waals surface area contributed by atoms with E-state index in [9.17, 15) is 10.2 Å². The van der Waals surface area contributed by atoms with Crippen LogP contribution in [0.25, 0.3) is 0 Å². The molecule has 58 valence electrons. The van der Waals surface area contributed by atoms with Gasteiger partial charge in [-0.2, -0.15) is 0 Å². The lowest BCUT2D eigenvalue weighted by Crippen LogP contribution is -2.33. The van der Waals surface area contributed by atoms with Crippen molar-refractivity contribution < 1.29 is 15.3 Å². The number of rotatable bonds is 0. The second-order valence-electron chi connectivity index (χ2n) is 3.60. The predicted molar refractivity (Wildman–Crippen MR) is 34.2 cm³/mol. The molecule has 0 heterocycles. The average molecular weight is 144 g/mol. The summed E-state index contributed by atoms with van der Waals surface area (Å²) in [5.74, 6) is 0.0795. The van der Waals surface area contributed by atoms with Crippen LogP contribution in [0.1, 0.15) is 13.3 Å². The van der Waals surface area contributed by atoms with Crippen molar-refractivity contribution in [3.05, 3.63) is 0 Å². The summed E-state index contributed by atoms with van der Waals surface area (Å²) < 4.78 is 0. The summed E-state index contributed by atoms with van der Waals surface area (Å²) in [5.41, 5.74) is -1.14. The molecule has 0 bridgehead atoms. The second-order valence-corrected chi connectivity index (χ2v) is 3.60. The first kappa shape index (κ1) is 6.58. The number of aliphatic hydroxyl groups excluding tert-OH is 2. The molecule has 0 spiro atoms. The zero-order valence-corrected chi connectivity index (χ0v) is 5.86. The highest BCUT2D eigenvalue weighted by Crippen LogP contribution is 2.57. The normalized spacial score (nSPS) is 66.0. The lowest BCUT2D eigenvalue weighted by Gasteiger charge is -2.17. The minimum atomic E-state index is -1.14. The zero-order chi connectivity index (χ0) is 7.52. The smallest absolute Gasteiger partial charge is 0.122 e. The molecular formula is C7H12O3. The van der Waals surface area contributed by atoms with Crippen molar-refractivity contribution in [2.75, 3.05) is 0 Å². The van der Waals surface area contributed by atoms with E-state index in [4.69, 9.17) is 5.11 Å². The molecule has 5 atom stereocenters. The van der Waals surface area contributed by atoms with Crippen molar-refractivity contribution in [3.63, 3.8) is 0 Å². The lowest BCUT2D eigenvalue weighted by molar-refractivity contribution is -0.0400. The van der Waals surface area contributed by atoms with Gasteiger partial charge in [-0.25, -0.2) is 0 Å². The van der Waals surface area contributed by atoms with Gasteiger partial charge in [0.15, 0.2) is 0 Å². The van der Waals surface area contributed by atoms with Crippen LogP contribution in [0, 0.1) is 11.8 Å². The largest absolute Gasteiger partial charge is 0.390 e. The molecule has 2 rings (SSSR count). The molecule has 2 fully saturated rings. The second kappa shape index (κ2) is 1.55. The summed E-state index contributed by atoms with van der Waals surface area (Å²) in [5, 5.41) is 27.9. The molecule has 0 aromatic rings. The molecule has 3 N–H and O–H groups in total. The summed E-state index contributed by atoms with van der Waals surface area (Å²) in [6, 6.07) is 0. The van der Waals surface area contributed by atoms with Crippen LogP contribution >= 0.6 is 0 Å². The van der Waals surface area contributed by atoms with Gasteiger partial charge in [0, 0.05) is 5.92 Å². The van der Waals surface area contributed by atoms with Gasteiger partial charge in [0.1, 0.15) is 5.60 Å². The van der Waals surface area contributed by atoms with Crippen LogP contribution in [-0.2, 0) is 0 Å². The first-order valence-corrected chi connectivity index (χ1v) is 3.67. The van der Waals surface area contributed by atoms with Gasteiger partial charge in [-0.05, 0) is 12.3 Å². The minimum Gasteiger partial charge on any atom is -0.390 e. The monoisotopic (exact) mass is 144 g/mol. The minimum absolute atomic E-state index is 0.0579. The van der Waals surface area contributed by atoms with Crippen molar-refractivity contribution in [1.29, 1.82) is 0 Å². The van der Waals surface area contributed by atoms with Crippen molar-refractivity contribution in [3.8, 4) is 0 Å². The topological polar surface area (TPSA) is 60.7 Å². The molecule has 0 aromatic carbocycles. The van der Waals surface area contributed by atoms with Crippen molar-refractivity contribution in [2.24, 2.45) is 11.8 Å². The molecular weight excluding hydrogens is 132 g/mol. The predicted octanol–water partition coefficient (Wildman–Crippen LogP) is -0.891. The molecule has 0 aliphatic heterocycles. The van der Waals surface area contributed by atoms with Crippen molar-refractivity contribution in [1.82, 2.24) is 0 Å². The highest BCUT2D eigenvalue weighted by molar-refractivity contribution is 5.22. The van der Waals surface area contributed by atoms with Crippen LogP contribution < -0.4 is 0 Å². The van der Waals surface area contributed by atoms with Crippen LogP contribution in [0.3, 0.4) is 0 Å². The third-order valence-electron chi connectivity index (χ3n) is 2.98. The Morgan fingerprint density at radius 2 is 1.90 bits per heavy atom. The fraction of sp³-hybridized carbons (Fsp3) is 1.00. The Labute approximate surface area is 59.3 Å². The quantitative estimate of drug-likeness (QED) is 0.413. The summed E-state index contributed by atoms with van der Waals surface area (Å²) in [4.78, 5) is 0. The highest BCUT2D eigenvalue weighted by atomic mass is 16.4. The molecule has 0 radical (unpaired) electrons. The maximum absolute atomic E-state index is 9.48. The zero-order valence-electron chi connectivity index (χ0n) is 5.86. The number of fused-ring (bicyclic) bond motifs is 1. The number of hydrogen-bond acceptors (Lipinski definition) is 3. The maximum atomic E-state index is 9.48. The van der Waals surface area contributed by atoms with E-state index in [2.05, 4.69) is 0 Å². The van der Waals surface area contributed by atoms with Gasteiger partial charge in [0.2, 0.25) is 0 Å². The number of hydrogen-bond donors (Lipinski definition) is 3. The Morgan fingerprint density at radius 3 is 2.20 bits per heavy atom. The Kier molecular flexibility index (Phi) is 1.02. The van der Waals surface area contributed by atoms with Crippen molar-refractivity contribution >= 4 is 0 Å². The SMILES string of the molecule is CC1CC2C(O)C2(O)C1O. The molecule has 2 saturated carbocycles. The third kappa shape index (κ3) is 0.480. The van der Waals surface area contributed by atoms with E-state index in [0.717, 1.165) is 6.42 Å². The Balaban J connectivity index is 2.20. The third-order valence-corrected chi connectivity index (χ3v) is 2.98. The van der Waals surface area contributed by atoms with Gasteiger partial charge < -0.3 is 15.3 Å². The highest BCUT2D eigenvalue weighted by Gasteiger charge is 2.72. The van der Waals surface area contributed by atoms with Gasteiger partial charge >= 0.3 is 0 Å². The standard InChI is InChI=1S/C7H12O3/c1-3-2-4-6(9)7(4,10)5(3)8/h3-6,8-10H,2H2,1H3. The van der Waals surface area contributed by atoms with Crippen LogP contribution in [0.15, 0.2) is 0 Å². The van der Waals surface area contributed by atoms with Gasteiger partial charge in [0.25, 0.3) is 0 Å². The van der Waals surface area contributed by atoms with Crippen LogP contribution in [0.5, 0.6) is 0 Å². The molecule has 2 aliphatic carbocycles. The summed E-state index contributed by atoms with van der Waals surface area (Å²) in [7, 11) is 0. The first-order chi connectivity index (χ1) is 4.58. The van der Waals surface area contributed by atoms with E-state index in [1.807, 2.05) is 6.92 Å².